The smallest absolute Gasteiger partial charge is 0.245 e. The average molecular weight is 283 g/mol. The minimum absolute atomic E-state index is 0.00832. The molecule has 20 heavy (non-hydrogen) atoms. The summed E-state index contributed by atoms with van der Waals surface area (Å²) < 4.78 is 5.22. The van der Waals surface area contributed by atoms with Gasteiger partial charge in [0, 0.05) is 25.0 Å². The Morgan fingerprint density at radius 1 is 1.20 bits per heavy atom. The van der Waals surface area contributed by atoms with Crippen molar-refractivity contribution in [3.05, 3.63) is 0 Å². The lowest BCUT2D eigenvalue weighted by Gasteiger charge is -2.31. The van der Waals surface area contributed by atoms with E-state index in [1.807, 2.05) is 0 Å². The molecule has 0 aromatic heterocycles. The number of ether oxygens (including phenoxy) is 1. The fourth-order valence-corrected chi connectivity index (χ4v) is 2.83. The Kier molecular flexibility index (Phi) is 5.37. The lowest BCUT2D eigenvalue weighted by Crippen LogP contribution is -2.51. The molecule has 1 unspecified atom stereocenters. The lowest BCUT2D eigenvalue weighted by molar-refractivity contribution is -0.140. The van der Waals surface area contributed by atoms with E-state index in [4.69, 9.17) is 10.5 Å². The monoisotopic (exact) mass is 283 g/mol. The number of amides is 2. The van der Waals surface area contributed by atoms with Crippen molar-refractivity contribution >= 4 is 11.8 Å². The molecule has 6 heteroatoms. The Balaban J connectivity index is 1.79. The molecule has 1 aliphatic carbocycles. The van der Waals surface area contributed by atoms with Crippen LogP contribution in [0.15, 0.2) is 0 Å². The molecule has 1 heterocycles. The van der Waals surface area contributed by atoms with E-state index >= 15 is 0 Å². The fourth-order valence-electron chi connectivity index (χ4n) is 2.83. The summed E-state index contributed by atoms with van der Waals surface area (Å²) in [5.74, 6) is -0.0186. The zero-order valence-corrected chi connectivity index (χ0v) is 12.1. The molecule has 2 amide bonds. The summed E-state index contributed by atoms with van der Waals surface area (Å²) in [7, 11) is 0. The second-order valence-corrected chi connectivity index (χ2v) is 5.78. The molecular formula is C14H25N3O3. The highest BCUT2D eigenvalue weighted by Gasteiger charge is 2.28. The molecule has 114 valence electrons. The molecule has 3 N–H and O–H groups in total. The highest BCUT2D eigenvalue weighted by Crippen LogP contribution is 2.23. The van der Waals surface area contributed by atoms with Gasteiger partial charge < -0.3 is 20.7 Å². The van der Waals surface area contributed by atoms with Gasteiger partial charge in [-0.05, 0) is 32.6 Å². The molecule has 1 atom stereocenters. The molecule has 0 aromatic carbocycles. The van der Waals surface area contributed by atoms with Crippen molar-refractivity contribution < 1.29 is 14.3 Å². The van der Waals surface area contributed by atoms with Crippen molar-refractivity contribution in [2.45, 2.75) is 44.7 Å². The van der Waals surface area contributed by atoms with Gasteiger partial charge in [0.05, 0.1) is 13.2 Å². The van der Waals surface area contributed by atoms with Crippen LogP contribution in [0.2, 0.25) is 0 Å². The molecule has 1 aliphatic heterocycles. The summed E-state index contributed by atoms with van der Waals surface area (Å²) in [5.41, 5.74) is 5.84. The third-order valence-electron chi connectivity index (χ3n) is 4.19. The number of nitrogens with one attached hydrogen (secondary N) is 1. The molecule has 6 nitrogen and oxygen atoms in total. The first-order valence-corrected chi connectivity index (χ1v) is 7.50. The zero-order valence-electron chi connectivity index (χ0n) is 12.1. The maximum absolute atomic E-state index is 12.2. The van der Waals surface area contributed by atoms with Crippen molar-refractivity contribution in [2.24, 2.45) is 11.7 Å². The molecule has 0 spiro atoms. The summed E-state index contributed by atoms with van der Waals surface area (Å²) in [6.07, 6.45) is 3.44. The van der Waals surface area contributed by atoms with Crippen molar-refractivity contribution in [3.8, 4) is 0 Å². The Hall–Kier alpha value is -1.14. The van der Waals surface area contributed by atoms with Gasteiger partial charge in [-0.1, -0.05) is 0 Å². The number of carbonyl (C=O) groups is 2. The van der Waals surface area contributed by atoms with Gasteiger partial charge in [0.25, 0.3) is 0 Å². The first-order chi connectivity index (χ1) is 9.58. The Morgan fingerprint density at radius 2 is 1.80 bits per heavy atom. The number of hydrogen-bond acceptors (Lipinski definition) is 4. The third-order valence-corrected chi connectivity index (χ3v) is 4.19. The van der Waals surface area contributed by atoms with E-state index in [1.54, 1.807) is 11.8 Å². The van der Waals surface area contributed by atoms with Crippen LogP contribution in [-0.2, 0) is 14.3 Å². The van der Waals surface area contributed by atoms with E-state index in [1.165, 1.54) is 0 Å². The second kappa shape index (κ2) is 7.04. The van der Waals surface area contributed by atoms with Crippen molar-refractivity contribution in [1.82, 2.24) is 10.2 Å². The normalized spacial score (nSPS) is 28.8. The van der Waals surface area contributed by atoms with Crippen molar-refractivity contribution in [1.29, 1.82) is 0 Å². The fraction of sp³-hybridized carbons (Fsp3) is 0.857. The first-order valence-electron chi connectivity index (χ1n) is 7.50. The maximum atomic E-state index is 12.2. The minimum atomic E-state index is -0.462. The van der Waals surface area contributed by atoms with Crippen LogP contribution < -0.4 is 11.1 Å². The minimum Gasteiger partial charge on any atom is -0.378 e. The van der Waals surface area contributed by atoms with Gasteiger partial charge in [0.2, 0.25) is 11.8 Å². The van der Waals surface area contributed by atoms with Gasteiger partial charge in [-0.25, -0.2) is 0 Å². The van der Waals surface area contributed by atoms with Crippen molar-refractivity contribution in [2.75, 3.05) is 26.3 Å². The van der Waals surface area contributed by atoms with E-state index in [9.17, 15) is 9.59 Å². The third kappa shape index (κ3) is 3.93. The van der Waals surface area contributed by atoms with E-state index in [2.05, 4.69) is 5.32 Å². The van der Waals surface area contributed by atoms with Crippen LogP contribution in [0.25, 0.3) is 0 Å². The first kappa shape index (κ1) is 15.3. The van der Waals surface area contributed by atoms with E-state index < -0.39 is 6.04 Å². The molecule has 0 bridgehead atoms. The van der Waals surface area contributed by atoms with Gasteiger partial charge in [0.1, 0.15) is 6.04 Å². The second-order valence-electron chi connectivity index (χ2n) is 5.78. The van der Waals surface area contributed by atoms with Crippen LogP contribution in [0.5, 0.6) is 0 Å². The SMILES string of the molecule is CC(NC(=O)C1CCC(N)CC1)C(=O)N1CCOCC1. The van der Waals surface area contributed by atoms with Gasteiger partial charge >= 0.3 is 0 Å². The Morgan fingerprint density at radius 3 is 2.40 bits per heavy atom. The molecule has 2 rings (SSSR count). The summed E-state index contributed by atoms with van der Waals surface area (Å²) in [6.45, 7) is 4.12. The number of rotatable bonds is 3. The maximum Gasteiger partial charge on any atom is 0.245 e. The largest absolute Gasteiger partial charge is 0.378 e. The highest BCUT2D eigenvalue weighted by atomic mass is 16.5. The van der Waals surface area contributed by atoms with E-state index in [-0.39, 0.29) is 23.8 Å². The molecule has 1 saturated carbocycles. The number of nitrogens with zero attached hydrogens (tertiary/aromatic N) is 1. The molecule has 2 fully saturated rings. The Bertz CT molecular complexity index is 348. The number of hydrogen-bond donors (Lipinski definition) is 2. The number of nitrogens with two attached hydrogens (primary N) is 1. The lowest BCUT2D eigenvalue weighted by atomic mass is 9.86. The zero-order chi connectivity index (χ0) is 14.5. The summed E-state index contributed by atoms with van der Waals surface area (Å²) >= 11 is 0. The molecular weight excluding hydrogens is 258 g/mol. The summed E-state index contributed by atoms with van der Waals surface area (Å²) in [4.78, 5) is 26.1. The summed E-state index contributed by atoms with van der Waals surface area (Å²) in [6, 6.07) is -0.234. The Labute approximate surface area is 120 Å². The van der Waals surface area contributed by atoms with Crippen LogP contribution >= 0.6 is 0 Å². The van der Waals surface area contributed by atoms with Crippen LogP contribution in [0, 0.1) is 5.92 Å². The highest BCUT2D eigenvalue weighted by molar-refractivity contribution is 5.88. The standard InChI is InChI=1S/C14H25N3O3/c1-10(14(19)17-6-8-20-9-7-17)16-13(18)11-2-4-12(15)5-3-11/h10-12H,2-9,15H2,1H3,(H,16,18). The number of morpholine rings is 1. The van der Waals surface area contributed by atoms with E-state index in [0.717, 1.165) is 25.7 Å². The van der Waals surface area contributed by atoms with Crippen LogP contribution in [0.1, 0.15) is 32.6 Å². The van der Waals surface area contributed by atoms with Gasteiger partial charge in [0.15, 0.2) is 0 Å². The topological polar surface area (TPSA) is 84.7 Å². The molecule has 2 aliphatic rings. The van der Waals surface area contributed by atoms with Gasteiger partial charge in [-0.3, -0.25) is 9.59 Å². The molecule has 0 radical (unpaired) electrons. The van der Waals surface area contributed by atoms with E-state index in [0.29, 0.717) is 26.3 Å². The van der Waals surface area contributed by atoms with Crippen molar-refractivity contribution in [3.63, 3.8) is 0 Å². The van der Waals surface area contributed by atoms with Crippen LogP contribution in [0.4, 0.5) is 0 Å². The van der Waals surface area contributed by atoms with Gasteiger partial charge in [-0.15, -0.1) is 0 Å². The predicted molar refractivity (Wildman–Crippen MR) is 74.9 cm³/mol. The molecule has 1 saturated heterocycles. The molecule has 0 aromatic rings. The number of carbonyl (C=O) groups excluding carboxylic acids is 2. The average Bonchev–Trinajstić information content (AvgIpc) is 2.48. The van der Waals surface area contributed by atoms with Gasteiger partial charge in [-0.2, -0.15) is 0 Å². The summed E-state index contributed by atoms with van der Waals surface area (Å²) in [5, 5.41) is 2.85. The predicted octanol–water partition coefficient (Wildman–Crippen LogP) is -0.133. The van der Waals surface area contributed by atoms with Crippen LogP contribution in [-0.4, -0.2) is 55.1 Å². The quantitative estimate of drug-likeness (QED) is 0.755. The van der Waals surface area contributed by atoms with Crippen LogP contribution in [0.3, 0.4) is 0 Å².